The molecule has 1 aliphatic heterocycles. The highest BCUT2D eigenvalue weighted by Gasteiger charge is 2.48. The lowest BCUT2D eigenvalue weighted by molar-refractivity contribution is -0.389. The Hall–Kier alpha value is -1.39. The Bertz CT molecular complexity index is 452. The topological polar surface area (TPSA) is 56.0 Å². The molecule has 1 aromatic heterocycles. The Kier molecular flexibility index (Phi) is 2.95. The van der Waals surface area contributed by atoms with Crippen molar-refractivity contribution in [2.24, 2.45) is 10.8 Å². The lowest BCUT2D eigenvalue weighted by atomic mass is 9.42. The quantitative estimate of drug-likeness (QED) is 0.458. The molecule has 0 radical (unpaired) electrons. The van der Waals surface area contributed by atoms with Crippen molar-refractivity contribution < 1.29 is 4.92 Å². The zero-order valence-electron chi connectivity index (χ0n) is 11.4. The molecule has 0 unspecified atom stereocenters. The van der Waals surface area contributed by atoms with Gasteiger partial charge in [-0.1, -0.05) is 46.4 Å². The minimum absolute atomic E-state index is 0.0738. The van der Waals surface area contributed by atoms with Crippen molar-refractivity contribution in [1.82, 2.24) is 4.98 Å². The van der Waals surface area contributed by atoms with Gasteiger partial charge in [0.2, 0.25) is 0 Å². The molecule has 0 N–H and O–H groups in total. The Labute approximate surface area is 108 Å². The van der Waals surface area contributed by atoms with E-state index in [0.29, 0.717) is 17.5 Å². The molecular formula is C13H19BN2O2. The molecule has 0 bridgehead atoms. The molecule has 1 aromatic rings. The van der Waals surface area contributed by atoms with Gasteiger partial charge < -0.3 is 10.1 Å². The molecule has 0 amide bonds. The standard InChI is InChI=1S/C13H19BN2O2/c1-12(2)8-14(9-13(12,3)4)10-5-6-11(15-7-10)16(17)18/h5-7H,8-9H2,1-4H3. The summed E-state index contributed by atoms with van der Waals surface area (Å²) in [5.74, 6) is -0.0738. The van der Waals surface area contributed by atoms with Crippen LogP contribution in [0.3, 0.4) is 0 Å². The van der Waals surface area contributed by atoms with Crippen molar-refractivity contribution in [2.45, 2.75) is 40.3 Å². The highest BCUT2D eigenvalue weighted by molar-refractivity contribution is 6.74. The molecule has 1 fully saturated rings. The second kappa shape index (κ2) is 4.07. The maximum Gasteiger partial charge on any atom is 0.363 e. The zero-order valence-corrected chi connectivity index (χ0v) is 11.4. The van der Waals surface area contributed by atoms with Crippen molar-refractivity contribution >= 4 is 18.0 Å². The maximum atomic E-state index is 10.6. The third-order valence-corrected chi connectivity index (χ3v) is 4.77. The van der Waals surface area contributed by atoms with Gasteiger partial charge >= 0.3 is 5.82 Å². The van der Waals surface area contributed by atoms with Crippen LogP contribution >= 0.6 is 0 Å². The monoisotopic (exact) mass is 246 g/mol. The van der Waals surface area contributed by atoms with E-state index in [1.54, 1.807) is 6.20 Å². The van der Waals surface area contributed by atoms with E-state index in [-0.39, 0.29) is 5.82 Å². The van der Waals surface area contributed by atoms with E-state index >= 15 is 0 Å². The average molecular weight is 246 g/mol. The number of aromatic nitrogens is 1. The van der Waals surface area contributed by atoms with Gasteiger partial charge in [0.05, 0.1) is 0 Å². The predicted molar refractivity (Wildman–Crippen MR) is 73.5 cm³/mol. The van der Waals surface area contributed by atoms with Crippen LogP contribution in [-0.2, 0) is 0 Å². The van der Waals surface area contributed by atoms with E-state index in [1.165, 1.54) is 6.07 Å². The SMILES string of the molecule is CC1(C)CB(c2ccc([N+](=O)[O-])nc2)CC1(C)C. The molecular weight excluding hydrogens is 227 g/mol. The number of pyridine rings is 1. The van der Waals surface area contributed by atoms with E-state index in [9.17, 15) is 10.1 Å². The van der Waals surface area contributed by atoms with Crippen LogP contribution in [0.25, 0.3) is 0 Å². The minimum atomic E-state index is -0.452. The number of rotatable bonds is 2. The van der Waals surface area contributed by atoms with E-state index < -0.39 is 4.92 Å². The molecule has 1 saturated heterocycles. The summed E-state index contributed by atoms with van der Waals surface area (Å²) in [5.41, 5.74) is 1.71. The van der Waals surface area contributed by atoms with Crippen LogP contribution in [0.5, 0.6) is 0 Å². The highest BCUT2D eigenvalue weighted by atomic mass is 16.6. The summed E-state index contributed by atoms with van der Waals surface area (Å²) < 4.78 is 0. The van der Waals surface area contributed by atoms with Gasteiger partial charge in [0, 0.05) is 6.07 Å². The molecule has 1 aliphatic rings. The first kappa shape index (κ1) is 13.1. The molecule has 0 aromatic carbocycles. The van der Waals surface area contributed by atoms with Crippen LogP contribution in [-0.4, -0.2) is 16.6 Å². The maximum absolute atomic E-state index is 10.6. The summed E-state index contributed by atoms with van der Waals surface area (Å²) in [7, 11) is 0. The minimum Gasteiger partial charge on any atom is -0.358 e. The fourth-order valence-electron chi connectivity index (χ4n) is 2.84. The van der Waals surface area contributed by atoms with Gasteiger partial charge in [-0.25, -0.2) is 0 Å². The third kappa shape index (κ3) is 2.14. The summed E-state index contributed by atoms with van der Waals surface area (Å²) in [6.07, 6.45) is 3.89. The molecule has 0 atom stereocenters. The molecule has 18 heavy (non-hydrogen) atoms. The lowest BCUT2D eigenvalue weighted by Gasteiger charge is -2.35. The van der Waals surface area contributed by atoms with Crippen LogP contribution in [0, 0.1) is 20.9 Å². The van der Waals surface area contributed by atoms with Gasteiger partial charge in [-0.15, -0.1) is 0 Å². The Morgan fingerprint density at radius 3 is 2.17 bits per heavy atom. The second-order valence-corrected chi connectivity index (χ2v) is 6.58. The van der Waals surface area contributed by atoms with Crippen molar-refractivity contribution in [3.63, 3.8) is 0 Å². The van der Waals surface area contributed by atoms with Gasteiger partial charge in [-0.2, -0.15) is 0 Å². The van der Waals surface area contributed by atoms with E-state index in [1.807, 2.05) is 6.07 Å². The first-order chi connectivity index (χ1) is 8.23. The van der Waals surface area contributed by atoms with Gasteiger partial charge in [0.15, 0.2) is 6.71 Å². The van der Waals surface area contributed by atoms with Gasteiger partial charge in [-0.05, 0) is 26.2 Å². The largest absolute Gasteiger partial charge is 0.363 e. The normalized spacial score (nSPS) is 21.0. The molecule has 0 aliphatic carbocycles. The molecule has 2 rings (SSSR count). The fraction of sp³-hybridized carbons (Fsp3) is 0.615. The number of hydrogen-bond donors (Lipinski definition) is 0. The highest BCUT2D eigenvalue weighted by Crippen LogP contribution is 2.52. The molecule has 0 spiro atoms. The first-order valence-corrected chi connectivity index (χ1v) is 6.33. The molecule has 2 heterocycles. The summed E-state index contributed by atoms with van der Waals surface area (Å²) in [6.45, 7) is 9.65. The van der Waals surface area contributed by atoms with E-state index in [2.05, 4.69) is 32.7 Å². The van der Waals surface area contributed by atoms with Gasteiger partial charge in [0.25, 0.3) is 0 Å². The van der Waals surface area contributed by atoms with Gasteiger partial charge in [-0.3, -0.25) is 0 Å². The van der Waals surface area contributed by atoms with E-state index in [0.717, 1.165) is 18.1 Å². The molecule has 5 heteroatoms. The summed E-state index contributed by atoms with van der Waals surface area (Å²) in [6, 6.07) is 3.36. The summed E-state index contributed by atoms with van der Waals surface area (Å²) >= 11 is 0. The molecule has 0 saturated carbocycles. The van der Waals surface area contributed by atoms with Crippen molar-refractivity contribution in [3.05, 3.63) is 28.4 Å². The fourth-order valence-corrected chi connectivity index (χ4v) is 2.84. The van der Waals surface area contributed by atoms with Crippen molar-refractivity contribution in [3.8, 4) is 0 Å². The number of nitrogens with zero attached hydrogens (tertiary/aromatic N) is 2. The zero-order chi connectivity index (χ0) is 13.6. The molecule has 96 valence electrons. The van der Waals surface area contributed by atoms with Crippen LogP contribution in [0.15, 0.2) is 18.3 Å². The van der Waals surface area contributed by atoms with Crippen LogP contribution < -0.4 is 5.46 Å². The van der Waals surface area contributed by atoms with Crippen LogP contribution in [0.2, 0.25) is 12.6 Å². The Morgan fingerprint density at radius 2 is 1.78 bits per heavy atom. The molecule has 4 nitrogen and oxygen atoms in total. The van der Waals surface area contributed by atoms with Gasteiger partial charge in [0.1, 0.15) is 6.20 Å². The lowest BCUT2D eigenvalue weighted by Crippen LogP contribution is -2.28. The van der Waals surface area contributed by atoms with Crippen LogP contribution in [0.4, 0.5) is 5.82 Å². The van der Waals surface area contributed by atoms with Crippen LogP contribution in [0.1, 0.15) is 27.7 Å². The summed E-state index contributed by atoms with van der Waals surface area (Å²) in [4.78, 5) is 14.0. The number of hydrogen-bond acceptors (Lipinski definition) is 3. The average Bonchev–Trinajstić information content (AvgIpc) is 2.48. The Morgan fingerprint density at radius 1 is 1.22 bits per heavy atom. The van der Waals surface area contributed by atoms with Crippen molar-refractivity contribution in [1.29, 1.82) is 0 Å². The second-order valence-electron chi connectivity index (χ2n) is 6.58. The van der Waals surface area contributed by atoms with E-state index in [4.69, 9.17) is 0 Å². The first-order valence-electron chi connectivity index (χ1n) is 6.33. The summed E-state index contributed by atoms with van der Waals surface area (Å²) in [5, 5.41) is 10.6. The Balaban J connectivity index is 2.22. The van der Waals surface area contributed by atoms with Crippen molar-refractivity contribution in [2.75, 3.05) is 0 Å². The third-order valence-electron chi connectivity index (χ3n) is 4.77. The number of nitro groups is 1. The predicted octanol–water partition coefficient (Wildman–Crippen LogP) is 2.76. The smallest absolute Gasteiger partial charge is 0.358 e.